The lowest BCUT2D eigenvalue weighted by Gasteiger charge is -1.97. The van der Waals surface area contributed by atoms with Gasteiger partial charge in [0.25, 0.3) is 0 Å². The summed E-state index contributed by atoms with van der Waals surface area (Å²) in [6.45, 7) is 4.04. The SMILES string of the molecule is CCCNCc1nc(-c2ccco2)cs1. The summed E-state index contributed by atoms with van der Waals surface area (Å²) in [6.07, 6.45) is 2.82. The highest BCUT2D eigenvalue weighted by Gasteiger charge is 2.05. The molecule has 2 aromatic heterocycles. The maximum absolute atomic E-state index is 5.28. The van der Waals surface area contributed by atoms with Crippen molar-refractivity contribution in [2.24, 2.45) is 0 Å². The van der Waals surface area contributed by atoms with Crippen molar-refractivity contribution in [3.63, 3.8) is 0 Å². The van der Waals surface area contributed by atoms with E-state index in [1.807, 2.05) is 17.5 Å². The third kappa shape index (κ3) is 2.67. The van der Waals surface area contributed by atoms with Gasteiger partial charge < -0.3 is 9.73 Å². The van der Waals surface area contributed by atoms with Crippen molar-refractivity contribution >= 4 is 11.3 Å². The molecule has 0 aliphatic heterocycles. The predicted molar refractivity (Wildman–Crippen MR) is 61.8 cm³/mol. The molecular formula is C11H14N2OS. The van der Waals surface area contributed by atoms with Crippen LogP contribution in [-0.2, 0) is 6.54 Å². The van der Waals surface area contributed by atoms with Gasteiger partial charge in [-0.3, -0.25) is 0 Å². The predicted octanol–water partition coefficient (Wildman–Crippen LogP) is 2.90. The first-order valence-electron chi connectivity index (χ1n) is 5.09. The Kier molecular flexibility index (Phi) is 3.53. The van der Waals surface area contributed by atoms with E-state index < -0.39 is 0 Å². The van der Waals surface area contributed by atoms with Crippen molar-refractivity contribution in [3.8, 4) is 11.5 Å². The zero-order chi connectivity index (χ0) is 10.5. The highest BCUT2D eigenvalue weighted by Crippen LogP contribution is 2.21. The second-order valence-corrected chi connectivity index (χ2v) is 4.22. The van der Waals surface area contributed by atoms with Crippen molar-refractivity contribution in [2.45, 2.75) is 19.9 Å². The largest absolute Gasteiger partial charge is 0.463 e. The van der Waals surface area contributed by atoms with Crippen LogP contribution in [0.1, 0.15) is 18.4 Å². The number of nitrogens with zero attached hydrogens (tertiary/aromatic N) is 1. The number of furan rings is 1. The topological polar surface area (TPSA) is 38.1 Å². The summed E-state index contributed by atoms with van der Waals surface area (Å²) in [5.41, 5.74) is 0.929. The summed E-state index contributed by atoms with van der Waals surface area (Å²) in [7, 11) is 0. The molecule has 2 rings (SSSR count). The normalized spacial score (nSPS) is 10.7. The Morgan fingerprint density at radius 2 is 2.47 bits per heavy atom. The van der Waals surface area contributed by atoms with Gasteiger partial charge in [0.2, 0.25) is 0 Å². The monoisotopic (exact) mass is 222 g/mol. The van der Waals surface area contributed by atoms with Gasteiger partial charge in [-0.1, -0.05) is 6.92 Å². The Hall–Kier alpha value is -1.13. The van der Waals surface area contributed by atoms with Gasteiger partial charge in [0, 0.05) is 11.9 Å². The van der Waals surface area contributed by atoms with Gasteiger partial charge in [0.1, 0.15) is 10.7 Å². The average molecular weight is 222 g/mol. The molecule has 0 aliphatic carbocycles. The Morgan fingerprint density at radius 1 is 1.53 bits per heavy atom. The van der Waals surface area contributed by atoms with Gasteiger partial charge in [0.15, 0.2) is 5.76 Å². The molecule has 0 radical (unpaired) electrons. The van der Waals surface area contributed by atoms with Crippen LogP contribution in [0.25, 0.3) is 11.5 Å². The summed E-state index contributed by atoms with van der Waals surface area (Å²) in [5, 5.41) is 6.46. The Labute approximate surface area is 93.2 Å². The Bertz CT molecular complexity index is 394. The Balaban J connectivity index is 1.98. The standard InChI is InChI=1S/C11H14N2OS/c1-2-5-12-7-11-13-9(8-15-11)10-4-3-6-14-10/h3-4,6,8,12H,2,5,7H2,1H3. The number of nitrogens with one attached hydrogen (secondary N) is 1. The molecule has 2 heterocycles. The summed E-state index contributed by atoms with van der Waals surface area (Å²) in [6, 6.07) is 3.81. The second kappa shape index (κ2) is 5.09. The van der Waals surface area contributed by atoms with Gasteiger partial charge in [-0.15, -0.1) is 11.3 Å². The van der Waals surface area contributed by atoms with Crippen molar-refractivity contribution in [1.29, 1.82) is 0 Å². The number of thiazole rings is 1. The molecule has 3 nitrogen and oxygen atoms in total. The van der Waals surface area contributed by atoms with Crippen molar-refractivity contribution in [2.75, 3.05) is 6.54 Å². The van der Waals surface area contributed by atoms with E-state index >= 15 is 0 Å². The minimum atomic E-state index is 0.841. The minimum Gasteiger partial charge on any atom is -0.463 e. The van der Waals surface area contributed by atoms with Crippen molar-refractivity contribution in [1.82, 2.24) is 10.3 Å². The molecule has 1 N–H and O–H groups in total. The number of hydrogen-bond acceptors (Lipinski definition) is 4. The lowest BCUT2D eigenvalue weighted by atomic mass is 10.4. The van der Waals surface area contributed by atoms with E-state index in [2.05, 4.69) is 17.2 Å². The quantitative estimate of drug-likeness (QED) is 0.790. The van der Waals surface area contributed by atoms with Crippen LogP contribution >= 0.6 is 11.3 Å². The highest BCUT2D eigenvalue weighted by molar-refractivity contribution is 7.09. The second-order valence-electron chi connectivity index (χ2n) is 3.28. The fourth-order valence-electron chi connectivity index (χ4n) is 1.30. The lowest BCUT2D eigenvalue weighted by molar-refractivity contribution is 0.580. The van der Waals surface area contributed by atoms with Crippen LogP contribution in [0.15, 0.2) is 28.2 Å². The van der Waals surface area contributed by atoms with Crippen LogP contribution in [0.4, 0.5) is 0 Å². The molecular weight excluding hydrogens is 208 g/mol. The molecule has 0 spiro atoms. The molecule has 2 aromatic rings. The van der Waals surface area contributed by atoms with Crippen LogP contribution in [0.5, 0.6) is 0 Å². The summed E-state index contributed by atoms with van der Waals surface area (Å²) < 4.78 is 5.28. The van der Waals surface area contributed by atoms with Crippen molar-refractivity contribution in [3.05, 3.63) is 28.8 Å². The van der Waals surface area contributed by atoms with E-state index in [0.29, 0.717) is 0 Å². The van der Waals surface area contributed by atoms with Gasteiger partial charge >= 0.3 is 0 Å². The molecule has 0 fully saturated rings. The summed E-state index contributed by atoms with van der Waals surface area (Å²) >= 11 is 1.66. The third-order valence-electron chi connectivity index (χ3n) is 2.03. The summed E-state index contributed by atoms with van der Waals surface area (Å²) in [5.74, 6) is 0.841. The van der Waals surface area contributed by atoms with Crippen LogP contribution in [0.3, 0.4) is 0 Å². The first-order chi connectivity index (χ1) is 7.40. The smallest absolute Gasteiger partial charge is 0.153 e. The van der Waals surface area contributed by atoms with E-state index in [4.69, 9.17) is 4.42 Å². The molecule has 0 saturated carbocycles. The van der Waals surface area contributed by atoms with Gasteiger partial charge in [-0.05, 0) is 25.1 Å². The van der Waals surface area contributed by atoms with E-state index in [0.717, 1.165) is 36.0 Å². The minimum absolute atomic E-state index is 0.841. The molecule has 0 bridgehead atoms. The third-order valence-corrected chi connectivity index (χ3v) is 2.88. The van der Waals surface area contributed by atoms with Crippen LogP contribution in [0, 0.1) is 0 Å². The first-order valence-corrected chi connectivity index (χ1v) is 5.97. The maximum Gasteiger partial charge on any atom is 0.153 e. The fraction of sp³-hybridized carbons (Fsp3) is 0.364. The van der Waals surface area contributed by atoms with Gasteiger partial charge in [-0.25, -0.2) is 4.98 Å². The van der Waals surface area contributed by atoms with E-state index in [1.54, 1.807) is 17.6 Å². The van der Waals surface area contributed by atoms with Gasteiger partial charge in [0.05, 0.1) is 6.26 Å². The van der Waals surface area contributed by atoms with Crippen LogP contribution in [0.2, 0.25) is 0 Å². The molecule has 0 aliphatic rings. The number of rotatable bonds is 5. The fourth-order valence-corrected chi connectivity index (χ4v) is 2.05. The molecule has 15 heavy (non-hydrogen) atoms. The van der Waals surface area contributed by atoms with Crippen molar-refractivity contribution < 1.29 is 4.42 Å². The molecule has 0 aromatic carbocycles. The number of hydrogen-bond donors (Lipinski definition) is 1. The molecule has 0 unspecified atom stereocenters. The zero-order valence-electron chi connectivity index (χ0n) is 8.69. The van der Waals surface area contributed by atoms with Crippen LogP contribution < -0.4 is 5.32 Å². The zero-order valence-corrected chi connectivity index (χ0v) is 9.51. The summed E-state index contributed by atoms with van der Waals surface area (Å²) in [4.78, 5) is 4.49. The van der Waals surface area contributed by atoms with E-state index in [9.17, 15) is 0 Å². The highest BCUT2D eigenvalue weighted by atomic mass is 32.1. The molecule has 0 amide bonds. The molecule has 4 heteroatoms. The van der Waals surface area contributed by atoms with Crippen LogP contribution in [-0.4, -0.2) is 11.5 Å². The first kappa shape index (κ1) is 10.4. The van der Waals surface area contributed by atoms with Gasteiger partial charge in [-0.2, -0.15) is 0 Å². The average Bonchev–Trinajstić information content (AvgIpc) is 2.87. The molecule has 0 saturated heterocycles. The molecule has 0 atom stereocenters. The maximum atomic E-state index is 5.28. The molecule has 80 valence electrons. The number of aromatic nitrogens is 1. The van der Waals surface area contributed by atoms with E-state index in [1.165, 1.54) is 0 Å². The van der Waals surface area contributed by atoms with E-state index in [-0.39, 0.29) is 0 Å². The lowest BCUT2D eigenvalue weighted by Crippen LogP contribution is -2.13. The Morgan fingerprint density at radius 3 is 3.20 bits per heavy atom.